The lowest BCUT2D eigenvalue weighted by molar-refractivity contribution is 0.0974. The number of halogens is 2. The molecule has 0 radical (unpaired) electrons. The molecule has 0 unspecified atom stereocenters. The van der Waals surface area contributed by atoms with E-state index in [4.69, 9.17) is 0 Å². The fourth-order valence-electron chi connectivity index (χ4n) is 4.15. The molecule has 1 amide bonds. The molecule has 188 valence electrons. The van der Waals surface area contributed by atoms with Crippen molar-refractivity contribution in [3.05, 3.63) is 93.5 Å². The standard InChI is InChI=1S/C26H25F2N3O4S/c1-26(2,3)16-8-10-21-19(12-16)22(18-6-5-11-29-24(18)32)23(25(33)30-36(4,34)35)31(21)14-15-7-9-17(27)13-20(15)28/h5-13H,14H2,1-4H3,(H,29,32)(H,30,33). The van der Waals surface area contributed by atoms with E-state index >= 15 is 0 Å². The van der Waals surface area contributed by atoms with Gasteiger partial charge in [-0.05, 0) is 41.3 Å². The summed E-state index contributed by atoms with van der Waals surface area (Å²) in [6.07, 6.45) is 2.28. The maximum Gasteiger partial charge on any atom is 0.282 e. The Morgan fingerprint density at radius 2 is 1.81 bits per heavy atom. The van der Waals surface area contributed by atoms with Crippen molar-refractivity contribution in [2.45, 2.75) is 32.7 Å². The molecule has 0 spiro atoms. The maximum absolute atomic E-state index is 14.6. The van der Waals surface area contributed by atoms with E-state index in [0.717, 1.165) is 24.0 Å². The smallest absolute Gasteiger partial charge is 0.282 e. The highest BCUT2D eigenvalue weighted by Gasteiger charge is 2.28. The number of carbonyl (C=O) groups is 1. The summed E-state index contributed by atoms with van der Waals surface area (Å²) in [6.45, 7) is 5.80. The minimum atomic E-state index is -3.98. The summed E-state index contributed by atoms with van der Waals surface area (Å²) in [5, 5.41) is 0.514. The number of hydrogen-bond donors (Lipinski definition) is 2. The van der Waals surface area contributed by atoms with Crippen LogP contribution in [0, 0.1) is 11.6 Å². The number of nitrogens with one attached hydrogen (secondary N) is 2. The number of hydrogen-bond acceptors (Lipinski definition) is 4. The lowest BCUT2D eigenvalue weighted by Gasteiger charge is -2.19. The summed E-state index contributed by atoms with van der Waals surface area (Å²) in [7, 11) is -3.98. The van der Waals surface area contributed by atoms with Crippen molar-refractivity contribution >= 4 is 26.8 Å². The van der Waals surface area contributed by atoms with Gasteiger partial charge in [0.25, 0.3) is 11.5 Å². The summed E-state index contributed by atoms with van der Waals surface area (Å²) in [5.74, 6) is -2.56. The highest BCUT2D eigenvalue weighted by molar-refractivity contribution is 7.89. The van der Waals surface area contributed by atoms with Crippen LogP contribution in [-0.2, 0) is 22.0 Å². The molecule has 2 N–H and O–H groups in total. The molecule has 36 heavy (non-hydrogen) atoms. The van der Waals surface area contributed by atoms with Crippen molar-refractivity contribution in [1.82, 2.24) is 14.3 Å². The van der Waals surface area contributed by atoms with Gasteiger partial charge in [0.15, 0.2) is 0 Å². The van der Waals surface area contributed by atoms with Crippen LogP contribution >= 0.6 is 0 Å². The first-order chi connectivity index (χ1) is 16.8. The zero-order valence-electron chi connectivity index (χ0n) is 20.1. The Hall–Kier alpha value is -3.79. The Bertz CT molecular complexity index is 1660. The van der Waals surface area contributed by atoms with Crippen LogP contribution in [0.2, 0.25) is 0 Å². The SMILES string of the molecule is CC(C)(C)c1ccc2c(c1)c(-c1ccc[nH]c1=O)c(C(=O)NS(C)(=O)=O)n2Cc1ccc(F)cc1F. The molecular formula is C26H25F2N3O4S. The van der Waals surface area contributed by atoms with Crippen molar-refractivity contribution in [2.75, 3.05) is 6.26 Å². The Morgan fingerprint density at radius 1 is 1.08 bits per heavy atom. The number of aromatic amines is 1. The Labute approximate surface area is 206 Å². The molecule has 4 rings (SSSR count). The van der Waals surface area contributed by atoms with Crippen molar-refractivity contribution < 1.29 is 22.0 Å². The second kappa shape index (κ2) is 9.02. The van der Waals surface area contributed by atoms with E-state index in [-0.39, 0.29) is 34.3 Å². The number of amides is 1. The van der Waals surface area contributed by atoms with E-state index in [1.165, 1.54) is 22.9 Å². The quantitative estimate of drug-likeness (QED) is 0.415. The summed E-state index contributed by atoms with van der Waals surface area (Å²) >= 11 is 0. The number of pyridine rings is 1. The second-order valence-electron chi connectivity index (χ2n) is 9.64. The minimum absolute atomic E-state index is 0.0788. The summed E-state index contributed by atoms with van der Waals surface area (Å²) < 4.78 is 55.6. The lowest BCUT2D eigenvalue weighted by atomic mass is 9.86. The van der Waals surface area contributed by atoms with Gasteiger partial charge in [0.05, 0.1) is 12.8 Å². The van der Waals surface area contributed by atoms with E-state index in [9.17, 15) is 26.8 Å². The third kappa shape index (κ3) is 4.94. The minimum Gasteiger partial charge on any atom is -0.331 e. The number of H-pyrrole nitrogens is 1. The van der Waals surface area contributed by atoms with Crippen molar-refractivity contribution in [2.24, 2.45) is 0 Å². The highest BCUT2D eigenvalue weighted by atomic mass is 32.2. The average Bonchev–Trinajstić information content (AvgIpc) is 3.08. The lowest BCUT2D eigenvalue weighted by Crippen LogP contribution is -2.32. The summed E-state index contributed by atoms with van der Waals surface area (Å²) in [4.78, 5) is 28.8. The van der Waals surface area contributed by atoms with E-state index in [0.29, 0.717) is 10.9 Å². The van der Waals surface area contributed by atoms with E-state index in [1.807, 2.05) is 37.6 Å². The first-order valence-electron chi connectivity index (χ1n) is 11.1. The van der Waals surface area contributed by atoms with Crippen LogP contribution in [0.5, 0.6) is 0 Å². The third-order valence-electron chi connectivity index (χ3n) is 5.85. The monoisotopic (exact) mass is 513 g/mol. The summed E-state index contributed by atoms with van der Waals surface area (Å²) in [6, 6.07) is 11.6. The van der Waals surface area contributed by atoms with Gasteiger partial charge in [0, 0.05) is 39.9 Å². The van der Waals surface area contributed by atoms with Gasteiger partial charge in [0.2, 0.25) is 10.0 Å². The summed E-state index contributed by atoms with van der Waals surface area (Å²) in [5.41, 5.74) is 0.908. The van der Waals surface area contributed by atoms with Crippen LogP contribution in [0.4, 0.5) is 8.78 Å². The number of benzene rings is 2. The molecule has 0 aliphatic heterocycles. The number of sulfonamides is 1. The third-order valence-corrected chi connectivity index (χ3v) is 6.41. The molecule has 0 aliphatic rings. The molecule has 2 heterocycles. The molecule has 2 aromatic heterocycles. The van der Waals surface area contributed by atoms with Gasteiger partial charge in [-0.3, -0.25) is 9.59 Å². The van der Waals surface area contributed by atoms with Gasteiger partial charge in [-0.1, -0.05) is 32.9 Å². The number of rotatable bonds is 5. The first kappa shape index (κ1) is 25.3. The predicted molar refractivity (Wildman–Crippen MR) is 134 cm³/mol. The Kier molecular flexibility index (Phi) is 6.34. The van der Waals surface area contributed by atoms with Crippen molar-refractivity contribution in [3.63, 3.8) is 0 Å². The molecule has 0 aliphatic carbocycles. The molecule has 0 saturated carbocycles. The van der Waals surface area contributed by atoms with E-state index in [1.54, 1.807) is 12.1 Å². The molecular weight excluding hydrogens is 488 g/mol. The maximum atomic E-state index is 14.6. The molecule has 0 atom stereocenters. The number of nitrogens with zero attached hydrogens (tertiary/aromatic N) is 1. The van der Waals surface area contributed by atoms with Crippen molar-refractivity contribution in [1.29, 1.82) is 0 Å². The zero-order valence-corrected chi connectivity index (χ0v) is 21.0. The molecule has 0 fully saturated rings. The van der Waals surface area contributed by atoms with Crippen molar-refractivity contribution in [3.8, 4) is 11.1 Å². The van der Waals surface area contributed by atoms with E-state index < -0.39 is 33.1 Å². The fourth-order valence-corrected chi connectivity index (χ4v) is 4.58. The number of fused-ring (bicyclic) bond motifs is 1. The van der Waals surface area contributed by atoms with Gasteiger partial charge in [-0.15, -0.1) is 0 Å². The van der Waals surface area contributed by atoms with Gasteiger partial charge >= 0.3 is 0 Å². The first-order valence-corrected chi connectivity index (χ1v) is 13.0. The number of aromatic nitrogens is 2. The highest BCUT2D eigenvalue weighted by Crippen LogP contribution is 2.37. The normalized spacial score (nSPS) is 12.2. The molecule has 4 aromatic rings. The van der Waals surface area contributed by atoms with Crippen LogP contribution in [0.25, 0.3) is 22.0 Å². The van der Waals surface area contributed by atoms with Crippen LogP contribution in [0.1, 0.15) is 42.4 Å². The Balaban J connectivity index is 2.13. The van der Waals surface area contributed by atoms with Crippen LogP contribution in [0.3, 0.4) is 0 Å². The van der Waals surface area contributed by atoms with Crippen LogP contribution < -0.4 is 10.3 Å². The van der Waals surface area contributed by atoms with Crippen LogP contribution in [0.15, 0.2) is 59.5 Å². The molecule has 0 saturated heterocycles. The largest absolute Gasteiger partial charge is 0.331 e. The molecule has 2 aromatic carbocycles. The van der Waals surface area contributed by atoms with Gasteiger partial charge in [0.1, 0.15) is 17.3 Å². The zero-order chi connectivity index (χ0) is 26.4. The van der Waals surface area contributed by atoms with Crippen LogP contribution in [-0.4, -0.2) is 30.1 Å². The van der Waals surface area contributed by atoms with Gasteiger partial charge in [-0.25, -0.2) is 21.9 Å². The number of carbonyl (C=O) groups excluding carboxylic acids is 1. The fraction of sp³-hybridized carbons (Fsp3) is 0.231. The second-order valence-corrected chi connectivity index (χ2v) is 11.4. The topological polar surface area (TPSA) is 101 Å². The van der Waals surface area contributed by atoms with Gasteiger partial charge < -0.3 is 9.55 Å². The average molecular weight is 514 g/mol. The molecule has 0 bridgehead atoms. The Morgan fingerprint density at radius 3 is 2.42 bits per heavy atom. The molecule has 7 nitrogen and oxygen atoms in total. The molecule has 10 heteroatoms. The van der Waals surface area contributed by atoms with E-state index in [2.05, 4.69) is 4.98 Å². The van der Waals surface area contributed by atoms with Gasteiger partial charge in [-0.2, -0.15) is 0 Å². The predicted octanol–water partition coefficient (Wildman–Crippen LogP) is 4.31.